The Hall–Kier alpha value is -4.20. The standard InChI is InChI=1S/C36H30O/c1-5-17-29(18-6-1)33-25-13-15-27-35(33,31-21-9-3-10-22-31)37-36(32-23-11-4-12-24-32)28-16-14-26-34(36)30-19-7-2-8-20-30/h1-28,33-34H. The molecule has 4 unspecified atom stereocenters. The van der Waals surface area contributed by atoms with Crippen LogP contribution in [0.2, 0.25) is 0 Å². The predicted molar refractivity (Wildman–Crippen MR) is 152 cm³/mol. The van der Waals surface area contributed by atoms with E-state index in [4.69, 9.17) is 4.74 Å². The minimum Gasteiger partial charge on any atom is -0.349 e. The van der Waals surface area contributed by atoms with Crippen LogP contribution in [0.25, 0.3) is 0 Å². The molecule has 1 nitrogen and oxygen atoms in total. The fourth-order valence-electron chi connectivity index (χ4n) is 5.82. The van der Waals surface area contributed by atoms with Crippen LogP contribution in [0.5, 0.6) is 0 Å². The largest absolute Gasteiger partial charge is 0.349 e. The zero-order valence-electron chi connectivity index (χ0n) is 20.7. The second-order valence-electron chi connectivity index (χ2n) is 9.69. The van der Waals surface area contributed by atoms with E-state index in [1.807, 2.05) is 0 Å². The van der Waals surface area contributed by atoms with Crippen molar-refractivity contribution in [2.45, 2.75) is 23.0 Å². The van der Waals surface area contributed by atoms with E-state index in [0.717, 1.165) is 11.1 Å². The van der Waals surface area contributed by atoms with Gasteiger partial charge in [0.15, 0.2) is 0 Å². The third-order valence-corrected chi connectivity index (χ3v) is 7.55. The molecule has 4 aromatic rings. The maximum Gasteiger partial charge on any atom is 0.123 e. The maximum atomic E-state index is 7.74. The molecule has 1 heteroatoms. The van der Waals surface area contributed by atoms with Gasteiger partial charge in [0.25, 0.3) is 0 Å². The molecule has 6 rings (SSSR count). The van der Waals surface area contributed by atoms with Crippen molar-refractivity contribution in [3.8, 4) is 0 Å². The Bertz CT molecular complexity index is 1320. The van der Waals surface area contributed by atoms with Crippen molar-refractivity contribution in [2.75, 3.05) is 0 Å². The Labute approximate surface area is 219 Å². The lowest BCUT2D eigenvalue weighted by atomic mass is 9.70. The van der Waals surface area contributed by atoms with Crippen molar-refractivity contribution < 1.29 is 4.74 Å². The summed E-state index contributed by atoms with van der Waals surface area (Å²) in [6.07, 6.45) is 17.6. The molecule has 37 heavy (non-hydrogen) atoms. The van der Waals surface area contributed by atoms with Crippen LogP contribution in [0, 0.1) is 0 Å². The van der Waals surface area contributed by atoms with Crippen LogP contribution in [-0.2, 0) is 15.9 Å². The van der Waals surface area contributed by atoms with E-state index in [1.165, 1.54) is 11.1 Å². The molecule has 0 aromatic heterocycles. The number of hydrogen-bond acceptors (Lipinski definition) is 1. The van der Waals surface area contributed by atoms with E-state index in [2.05, 4.69) is 170 Å². The summed E-state index contributed by atoms with van der Waals surface area (Å²) in [4.78, 5) is 0. The van der Waals surface area contributed by atoms with Gasteiger partial charge in [0.05, 0.1) is 0 Å². The molecule has 0 saturated carbocycles. The highest BCUT2D eigenvalue weighted by Gasteiger charge is 2.50. The summed E-state index contributed by atoms with van der Waals surface area (Å²) in [7, 11) is 0. The van der Waals surface area contributed by atoms with Gasteiger partial charge in [-0.2, -0.15) is 0 Å². The van der Waals surface area contributed by atoms with Crippen molar-refractivity contribution in [3.05, 3.63) is 192 Å². The minimum atomic E-state index is -0.726. The molecule has 0 amide bonds. The third-order valence-electron chi connectivity index (χ3n) is 7.55. The van der Waals surface area contributed by atoms with Gasteiger partial charge >= 0.3 is 0 Å². The number of rotatable bonds is 6. The zero-order valence-corrected chi connectivity index (χ0v) is 20.7. The molecule has 0 fully saturated rings. The van der Waals surface area contributed by atoms with Crippen LogP contribution in [-0.4, -0.2) is 0 Å². The third kappa shape index (κ3) is 4.22. The van der Waals surface area contributed by atoms with Crippen LogP contribution in [0.4, 0.5) is 0 Å². The summed E-state index contributed by atoms with van der Waals surface area (Å²) in [5, 5.41) is 0. The highest BCUT2D eigenvalue weighted by Crippen LogP contribution is 2.54. The van der Waals surface area contributed by atoms with Crippen LogP contribution < -0.4 is 0 Å². The second-order valence-corrected chi connectivity index (χ2v) is 9.69. The van der Waals surface area contributed by atoms with Gasteiger partial charge in [-0.1, -0.05) is 158 Å². The molecule has 2 aliphatic rings. The fraction of sp³-hybridized carbons (Fsp3) is 0.111. The Balaban J connectivity index is 1.60. The van der Waals surface area contributed by atoms with Gasteiger partial charge in [-0.3, -0.25) is 0 Å². The quantitative estimate of drug-likeness (QED) is 0.269. The maximum absolute atomic E-state index is 7.74. The van der Waals surface area contributed by atoms with Crippen LogP contribution in [0.1, 0.15) is 34.1 Å². The topological polar surface area (TPSA) is 9.23 Å². The summed E-state index contributed by atoms with van der Waals surface area (Å²) in [6.45, 7) is 0. The van der Waals surface area contributed by atoms with Crippen LogP contribution in [0.3, 0.4) is 0 Å². The van der Waals surface area contributed by atoms with Crippen molar-refractivity contribution in [2.24, 2.45) is 0 Å². The Kier molecular flexibility index (Phi) is 6.30. The van der Waals surface area contributed by atoms with E-state index in [1.54, 1.807) is 0 Å². The lowest BCUT2D eigenvalue weighted by Crippen LogP contribution is -2.46. The fourth-order valence-corrected chi connectivity index (χ4v) is 5.82. The molecular formula is C36H30O. The molecule has 0 radical (unpaired) electrons. The number of benzene rings is 4. The first-order chi connectivity index (χ1) is 18.3. The van der Waals surface area contributed by atoms with E-state index in [9.17, 15) is 0 Å². The van der Waals surface area contributed by atoms with E-state index >= 15 is 0 Å². The van der Waals surface area contributed by atoms with E-state index in [0.29, 0.717) is 0 Å². The van der Waals surface area contributed by atoms with Gasteiger partial charge < -0.3 is 4.74 Å². The summed E-state index contributed by atoms with van der Waals surface area (Å²) < 4.78 is 7.74. The number of hydrogen-bond donors (Lipinski definition) is 0. The molecule has 0 N–H and O–H groups in total. The van der Waals surface area contributed by atoms with Crippen LogP contribution in [0.15, 0.2) is 170 Å². The molecule has 0 heterocycles. The van der Waals surface area contributed by atoms with Gasteiger partial charge in [0, 0.05) is 11.8 Å². The lowest BCUT2D eigenvalue weighted by molar-refractivity contribution is -0.133. The summed E-state index contributed by atoms with van der Waals surface area (Å²) >= 11 is 0. The average Bonchev–Trinajstić information content (AvgIpc) is 2.99. The Morgan fingerprint density at radius 3 is 1.14 bits per heavy atom. The highest BCUT2D eigenvalue weighted by atomic mass is 16.5. The van der Waals surface area contributed by atoms with E-state index in [-0.39, 0.29) is 11.8 Å². The first kappa shape index (κ1) is 23.2. The van der Waals surface area contributed by atoms with Gasteiger partial charge in [-0.25, -0.2) is 0 Å². The van der Waals surface area contributed by atoms with Gasteiger partial charge in [-0.05, 0) is 34.4 Å². The molecule has 0 saturated heterocycles. The van der Waals surface area contributed by atoms with Gasteiger partial charge in [0.2, 0.25) is 0 Å². The second kappa shape index (κ2) is 10.0. The minimum absolute atomic E-state index is 0.00239. The molecule has 180 valence electrons. The van der Waals surface area contributed by atoms with Gasteiger partial charge in [0.1, 0.15) is 11.2 Å². The normalized spacial score (nSPS) is 26.3. The number of ether oxygens (including phenoxy) is 1. The summed E-state index contributed by atoms with van der Waals surface area (Å²) in [5.74, 6) is -0.00478. The smallest absolute Gasteiger partial charge is 0.123 e. The SMILES string of the molecule is C1=CC(c2ccccc2)C(OC2(c3ccccc3)C=CC=CC2c2ccccc2)(c2ccccc2)C=C1. The molecular weight excluding hydrogens is 448 g/mol. The number of allylic oxidation sites excluding steroid dienone is 4. The first-order valence-electron chi connectivity index (χ1n) is 12.9. The van der Waals surface area contributed by atoms with Crippen molar-refractivity contribution in [1.82, 2.24) is 0 Å². The molecule has 0 aliphatic heterocycles. The zero-order chi connectivity index (χ0) is 25.0. The van der Waals surface area contributed by atoms with Crippen molar-refractivity contribution in [1.29, 1.82) is 0 Å². The molecule has 0 bridgehead atoms. The predicted octanol–water partition coefficient (Wildman–Crippen LogP) is 8.61. The average molecular weight is 479 g/mol. The summed E-state index contributed by atoms with van der Waals surface area (Å²) in [5.41, 5.74) is 3.26. The summed E-state index contributed by atoms with van der Waals surface area (Å²) in [6, 6.07) is 42.7. The highest BCUT2D eigenvalue weighted by molar-refractivity contribution is 5.47. The molecule has 4 aromatic carbocycles. The molecule has 0 spiro atoms. The first-order valence-corrected chi connectivity index (χ1v) is 12.9. The van der Waals surface area contributed by atoms with E-state index < -0.39 is 11.2 Å². The lowest BCUT2D eigenvalue weighted by Gasteiger charge is -2.49. The Morgan fingerprint density at radius 2 is 0.757 bits per heavy atom. The van der Waals surface area contributed by atoms with Gasteiger partial charge in [-0.15, -0.1) is 0 Å². The Morgan fingerprint density at radius 1 is 0.405 bits per heavy atom. The van der Waals surface area contributed by atoms with Crippen LogP contribution >= 0.6 is 0 Å². The molecule has 4 atom stereocenters. The van der Waals surface area contributed by atoms with Crippen molar-refractivity contribution >= 4 is 0 Å². The van der Waals surface area contributed by atoms with Crippen molar-refractivity contribution in [3.63, 3.8) is 0 Å². The molecule has 2 aliphatic carbocycles. The monoisotopic (exact) mass is 478 g/mol.